The molecule has 0 aliphatic rings. The summed E-state index contributed by atoms with van der Waals surface area (Å²) < 4.78 is 1.17. The Morgan fingerprint density at radius 3 is 2.33 bits per heavy atom. The van der Waals surface area contributed by atoms with Crippen LogP contribution in [0.3, 0.4) is 0 Å². The molecule has 0 radical (unpaired) electrons. The van der Waals surface area contributed by atoms with Crippen LogP contribution in [-0.2, 0) is 4.79 Å². The van der Waals surface area contributed by atoms with Gasteiger partial charge in [-0.15, -0.1) is 11.3 Å². The van der Waals surface area contributed by atoms with E-state index in [1.807, 2.05) is 60.0 Å². The predicted molar refractivity (Wildman–Crippen MR) is 107 cm³/mol. The standard InChI is InChI=1S/C21H16N2O3S/c1-13(21(25)26)23-12-22-19-18(20(23)24)17(11-27-19)16-9-7-15(8-10-16)14-5-3-2-4-6-14/h2-13H,1H3,(H,25,26)/t13-/m1/s1. The van der Waals surface area contributed by atoms with Crippen molar-refractivity contribution in [3.05, 3.63) is 76.7 Å². The minimum absolute atomic E-state index is 0.335. The molecule has 0 aliphatic carbocycles. The van der Waals surface area contributed by atoms with Crippen molar-refractivity contribution in [3.8, 4) is 22.3 Å². The van der Waals surface area contributed by atoms with Crippen molar-refractivity contribution in [3.63, 3.8) is 0 Å². The monoisotopic (exact) mass is 376 g/mol. The van der Waals surface area contributed by atoms with Gasteiger partial charge in [0.15, 0.2) is 0 Å². The van der Waals surface area contributed by atoms with Crippen LogP contribution in [-0.4, -0.2) is 20.6 Å². The molecule has 0 fully saturated rings. The molecule has 0 bridgehead atoms. The number of carboxylic acid groups (broad SMARTS) is 1. The number of benzene rings is 2. The first-order chi connectivity index (χ1) is 13.1. The minimum Gasteiger partial charge on any atom is -0.480 e. The normalized spacial score (nSPS) is 12.2. The van der Waals surface area contributed by atoms with Gasteiger partial charge >= 0.3 is 5.97 Å². The highest BCUT2D eigenvalue weighted by Gasteiger charge is 2.19. The van der Waals surface area contributed by atoms with Gasteiger partial charge < -0.3 is 5.11 Å². The minimum atomic E-state index is -1.07. The number of carbonyl (C=O) groups is 1. The number of rotatable bonds is 4. The van der Waals surface area contributed by atoms with E-state index in [0.29, 0.717) is 10.2 Å². The number of carboxylic acids is 1. The van der Waals surface area contributed by atoms with Gasteiger partial charge in [-0.05, 0) is 23.6 Å². The predicted octanol–water partition coefficient (Wildman–Crippen LogP) is 4.44. The van der Waals surface area contributed by atoms with Crippen molar-refractivity contribution in [2.45, 2.75) is 13.0 Å². The highest BCUT2D eigenvalue weighted by Crippen LogP contribution is 2.32. The van der Waals surface area contributed by atoms with Crippen molar-refractivity contribution in [1.29, 1.82) is 0 Å². The fourth-order valence-electron chi connectivity index (χ4n) is 3.03. The van der Waals surface area contributed by atoms with Crippen LogP contribution in [0.15, 0.2) is 71.1 Å². The van der Waals surface area contributed by atoms with E-state index in [1.54, 1.807) is 0 Å². The molecule has 2 heterocycles. The van der Waals surface area contributed by atoms with Gasteiger partial charge in [0, 0.05) is 10.9 Å². The molecule has 134 valence electrons. The van der Waals surface area contributed by atoms with E-state index in [4.69, 9.17) is 0 Å². The largest absolute Gasteiger partial charge is 0.480 e. The molecular weight excluding hydrogens is 360 g/mol. The molecule has 5 nitrogen and oxygen atoms in total. The van der Waals surface area contributed by atoms with Gasteiger partial charge in [-0.3, -0.25) is 9.36 Å². The highest BCUT2D eigenvalue weighted by molar-refractivity contribution is 7.17. The number of aromatic nitrogens is 2. The molecule has 0 saturated heterocycles. The lowest BCUT2D eigenvalue weighted by atomic mass is 10.0. The second-order valence-electron chi connectivity index (χ2n) is 6.24. The van der Waals surface area contributed by atoms with Crippen molar-refractivity contribution in [2.24, 2.45) is 0 Å². The van der Waals surface area contributed by atoms with Gasteiger partial charge in [-0.1, -0.05) is 54.6 Å². The molecule has 2 aromatic heterocycles. The summed E-state index contributed by atoms with van der Waals surface area (Å²) in [4.78, 5) is 29.0. The zero-order valence-electron chi connectivity index (χ0n) is 14.5. The topological polar surface area (TPSA) is 72.2 Å². The maximum absolute atomic E-state index is 12.9. The van der Waals surface area contributed by atoms with E-state index in [1.165, 1.54) is 29.2 Å². The number of fused-ring (bicyclic) bond motifs is 1. The molecule has 1 N–H and O–H groups in total. The zero-order chi connectivity index (χ0) is 19.0. The lowest BCUT2D eigenvalue weighted by Gasteiger charge is -2.10. The third-order valence-electron chi connectivity index (χ3n) is 4.60. The van der Waals surface area contributed by atoms with Crippen LogP contribution in [0.1, 0.15) is 13.0 Å². The van der Waals surface area contributed by atoms with Crippen molar-refractivity contribution < 1.29 is 9.90 Å². The van der Waals surface area contributed by atoms with E-state index in [0.717, 1.165) is 22.3 Å². The second-order valence-corrected chi connectivity index (χ2v) is 7.10. The number of thiophene rings is 1. The summed E-state index contributed by atoms with van der Waals surface area (Å²) in [6, 6.07) is 17.1. The molecule has 2 aromatic carbocycles. The Morgan fingerprint density at radius 1 is 1.04 bits per heavy atom. The van der Waals surface area contributed by atoms with Gasteiger partial charge in [0.25, 0.3) is 5.56 Å². The summed E-state index contributed by atoms with van der Waals surface area (Å²) in [6.07, 6.45) is 1.31. The lowest BCUT2D eigenvalue weighted by molar-refractivity contribution is -0.140. The fourth-order valence-corrected chi connectivity index (χ4v) is 3.93. The third kappa shape index (κ3) is 3.04. The van der Waals surface area contributed by atoms with Gasteiger partial charge in [-0.25, -0.2) is 9.78 Å². The second kappa shape index (κ2) is 6.81. The Hall–Kier alpha value is -3.25. The SMILES string of the molecule is C[C@H](C(=O)O)n1cnc2scc(-c3ccc(-c4ccccc4)cc3)c2c1=O. The molecule has 6 heteroatoms. The van der Waals surface area contributed by atoms with Crippen molar-refractivity contribution in [2.75, 3.05) is 0 Å². The molecule has 27 heavy (non-hydrogen) atoms. The summed E-state index contributed by atoms with van der Waals surface area (Å²) in [5.74, 6) is -1.07. The van der Waals surface area contributed by atoms with E-state index < -0.39 is 12.0 Å². The first-order valence-electron chi connectivity index (χ1n) is 8.43. The quantitative estimate of drug-likeness (QED) is 0.572. The molecule has 4 rings (SSSR count). The Balaban J connectivity index is 1.81. The van der Waals surface area contributed by atoms with Gasteiger partial charge in [0.1, 0.15) is 10.9 Å². The third-order valence-corrected chi connectivity index (χ3v) is 5.48. The molecule has 0 aliphatic heterocycles. The van der Waals surface area contributed by atoms with Crippen LogP contribution in [0.4, 0.5) is 0 Å². The Bertz CT molecular complexity index is 1180. The fraction of sp³-hybridized carbons (Fsp3) is 0.0952. The van der Waals surface area contributed by atoms with E-state index in [2.05, 4.69) is 4.98 Å². The molecular formula is C21H16N2O3S. The van der Waals surface area contributed by atoms with E-state index in [-0.39, 0.29) is 5.56 Å². The first-order valence-corrected chi connectivity index (χ1v) is 9.31. The lowest BCUT2D eigenvalue weighted by Crippen LogP contribution is -2.28. The molecule has 0 amide bonds. The number of nitrogens with zero attached hydrogens (tertiary/aromatic N) is 2. The molecule has 1 atom stereocenters. The van der Waals surface area contributed by atoms with Crippen LogP contribution in [0.25, 0.3) is 32.5 Å². The van der Waals surface area contributed by atoms with Gasteiger partial charge in [-0.2, -0.15) is 0 Å². The number of hydrogen-bond donors (Lipinski definition) is 1. The molecule has 0 saturated carbocycles. The maximum Gasteiger partial charge on any atom is 0.326 e. The van der Waals surface area contributed by atoms with E-state index in [9.17, 15) is 14.7 Å². The van der Waals surface area contributed by atoms with Gasteiger partial charge in [0.2, 0.25) is 0 Å². The summed E-state index contributed by atoms with van der Waals surface area (Å²) in [6.45, 7) is 1.47. The van der Waals surface area contributed by atoms with Crippen molar-refractivity contribution >= 4 is 27.5 Å². The highest BCUT2D eigenvalue weighted by atomic mass is 32.1. The molecule has 0 spiro atoms. The van der Waals surface area contributed by atoms with Crippen LogP contribution in [0.5, 0.6) is 0 Å². The van der Waals surface area contributed by atoms with Crippen LogP contribution >= 0.6 is 11.3 Å². The van der Waals surface area contributed by atoms with E-state index >= 15 is 0 Å². The van der Waals surface area contributed by atoms with Crippen LogP contribution in [0, 0.1) is 0 Å². The maximum atomic E-state index is 12.9. The first kappa shape index (κ1) is 17.2. The Labute approximate surface area is 159 Å². The summed E-state index contributed by atoms with van der Waals surface area (Å²) in [5, 5.41) is 11.6. The smallest absolute Gasteiger partial charge is 0.326 e. The Kier molecular flexibility index (Phi) is 4.33. The molecule has 0 unspecified atom stereocenters. The summed E-state index contributed by atoms with van der Waals surface area (Å²) >= 11 is 1.38. The van der Waals surface area contributed by atoms with Crippen LogP contribution in [0.2, 0.25) is 0 Å². The summed E-state index contributed by atoms with van der Waals surface area (Å²) in [7, 11) is 0. The zero-order valence-corrected chi connectivity index (χ0v) is 15.3. The summed E-state index contributed by atoms with van der Waals surface area (Å²) in [5.41, 5.74) is 3.56. The van der Waals surface area contributed by atoms with Crippen LogP contribution < -0.4 is 5.56 Å². The average molecular weight is 376 g/mol. The number of aliphatic carboxylic acids is 1. The Morgan fingerprint density at radius 2 is 1.67 bits per heavy atom. The average Bonchev–Trinajstić information content (AvgIpc) is 3.13. The number of hydrogen-bond acceptors (Lipinski definition) is 4. The van der Waals surface area contributed by atoms with Crippen molar-refractivity contribution in [1.82, 2.24) is 9.55 Å². The van der Waals surface area contributed by atoms with Gasteiger partial charge in [0.05, 0.1) is 11.7 Å². The molecule has 4 aromatic rings.